The van der Waals surface area contributed by atoms with Crippen LogP contribution < -0.4 is 5.32 Å². The van der Waals surface area contributed by atoms with Crippen LogP contribution in [-0.2, 0) is 4.79 Å². The van der Waals surface area contributed by atoms with Crippen molar-refractivity contribution in [1.29, 1.82) is 10.7 Å². The summed E-state index contributed by atoms with van der Waals surface area (Å²) >= 11 is 5.15. The second-order valence-electron chi connectivity index (χ2n) is 5.39. The van der Waals surface area contributed by atoms with Gasteiger partial charge < -0.3 is 5.32 Å². The Morgan fingerprint density at radius 3 is 2.63 bits per heavy atom. The Labute approximate surface area is 118 Å². The molecule has 0 radical (unpaired) electrons. The van der Waals surface area contributed by atoms with Gasteiger partial charge in [0.15, 0.2) is 0 Å². The van der Waals surface area contributed by atoms with Gasteiger partial charge in [-0.2, -0.15) is 5.26 Å². The van der Waals surface area contributed by atoms with Gasteiger partial charge in [0, 0.05) is 5.41 Å². The number of nitriles is 1. The molecule has 1 aliphatic heterocycles. The van der Waals surface area contributed by atoms with Gasteiger partial charge in [-0.15, -0.1) is 0 Å². The number of carbonyl (C=O) groups is 1. The third-order valence-corrected chi connectivity index (χ3v) is 4.91. The van der Waals surface area contributed by atoms with Crippen LogP contribution >= 0.6 is 12.2 Å². The minimum absolute atomic E-state index is 0.279. The maximum atomic E-state index is 12.0. The van der Waals surface area contributed by atoms with E-state index < -0.39 is 11.3 Å². The number of piperidine rings is 1. The number of rotatable bonds is 1. The van der Waals surface area contributed by atoms with E-state index in [-0.39, 0.29) is 10.9 Å². The lowest BCUT2D eigenvalue weighted by Gasteiger charge is -2.45. The Hall–Kier alpha value is -1.50. The predicted molar refractivity (Wildman–Crippen MR) is 75.8 cm³/mol. The summed E-state index contributed by atoms with van der Waals surface area (Å²) in [6.45, 7) is 2.16. The predicted octanol–water partition coefficient (Wildman–Crippen LogP) is 2.34. The monoisotopic (exact) mass is 275 g/mol. The Morgan fingerprint density at radius 2 is 2.16 bits per heavy atom. The first-order valence-corrected chi connectivity index (χ1v) is 7.05. The van der Waals surface area contributed by atoms with E-state index >= 15 is 0 Å². The molecule has 5 heteroatoms. The van der Waals surface area contributed by atoms with E-state index in [4.69, 9.17) is 17.6 Å². The molecule has 2 fully saturated rings. The van der Waals surface area contributed by atoms with Crippen molar-refractivity contribution in [2.24, 2.45) is 17.3 Å². The van der Waals surface area contributed by atoms with Crippen LogP contribution in [0, 0.1) is 34.0 Å². The number of thiocarbonyl (C=S) groups is 1. The van der Waals surface area contributed by atoms with Gasteiger partial charge in [0.25, 0.3) is 0 Å². The van der Waals surface area contributed by atoms with Crippen molar-refractivity contribution < 1.29 is 4.79 Å². The summed E-state index contributed by atoms with van der Waals surface area (Å²) in [4.78, 5) is 12.3. The molecule has 0 aromatic rings. The maximum Gasteiger partial charge on any atom is 0.243 e. The van der Waals surface area contributed by atoms with E-state index in [9.17, 15) is 10.1 Å². The van der Waals surface area contributed by atoms with Crippen molar-refractivity contribution in [2.75, 3.05) is 0 Å². The zero-order chi connectivity index (χ0) is 14.0. The van der Waals surface area contributed by atoms with Crippen LogP contribution in [0.25, 0.3) is 0 Å². The number of nitrogens with zero attached hydrogens (tertiary/aromatic N) is 1. The molecule has 1 unspecified atom stereocenters. The number of hydrogen-bond acceptors (Lipinski definition) is 4. The molecule has 1 heterocycles. The number of hydrogen-bond donors (Lipinski definition) is 2. The molecule has 1 aliphatic carbocycles. The molecule has 4 nitrogen and oxygen atoms in total. The van der Waals surface area contributed by atoms with Crippen LogP contribution in [0.3, 0.4) is 0 Å². The molecule has 0 aromatic heterocycles. The summed E-state index contributed by atoms with van der Waals surface area (Å²) in [5.41, 5.74) is -0.0371. The Bertz CT molecular complexity index is 505. The van der Waals surface area contributed by atoms with Gasteiger partial charge in [-0.25, -0.2) is 0 Å². The molecule has 1 saturated heterocycles. The van der Waals surface area contributed by atoms with E-state index in [1.54, 1.807) is 0 Å². The number of nitrogens with one attached hydrogen (secondary N) is 2. The largest absolute Gasteiger partial charge is 0.315 e. The van der Waals surface area contributed by atoms with E-state index in [2.05, 4.69) is 24.2 Å². The average molecular weight is 275 g/mol. The highest BCUT2D eigenvalue weighted by Crippen LogP contribution is 2.51. The van der Waals surface area contributed by atoms with Crippen molar-refractivity contribution in [3.8, 4) is 6.07 Å². The number of amides is 1. The lowest BCUT2D eigenvalue weighted by atomic mass is 9.58. The van der Waals surface area contributed by atoms with Gasteiger partial charge in [0.1, 0.15) is 10.9 Å². The van der Waals surface area contributed by atoms with Gasteiger partial charge in [-0.05, 0) is 37.5 Å². The van der Waals surface area contributed by atoms with Crippen LogP contribution in [0.4, 0.5) is 0 Å². The quantitative estimate of drug-likeness (QED) is 0.438. The van der Waals surface area contributed by atoms with E-state index in [0.717, 1.165) is 32.1 Å². The summed E-state index contributed by atoms with van der Waals surface area (Å²) < 4.78 is 0. The SMILES string of the molecule is CCC1CCC2(CC1)C(=C=N)C(=S)NC(=O)C2C#N. The molecule has 1 amide bonds. The van der Waals surface area contributed by atoms with E-state index in [0.29, 0.717) is 11.5 Å². The third-order valence-electron chi connectivity index (χ3n) is 4.61. The third kappa shape index (κ3) is 2.11. The fraction of sp³-hybridized carbons (Fsp3) is 0.643. The van der Waals surface area contributed by atoms with Crippen LogP contribution in [0.15, 0.2) is 5.57 Å². The molecular weight excluding hydrogens is 258 g/mol. The minimum atomic E-state index is -0.746. The van der Waals surface area contributed by atoms with Crippen molar-refractivity contribution in [3.63, 3.8) is 0 Å². The zero-order valence-corrected chi connectivity index (χ0v) is 11.8. The summed E-state index contributed by atoms with van der Waals surface area (Å²) in [5.74, 6) is 1.98. The van der Waals surface area contributed by atoms with Gasteiger partial charge in [-0.3, -0.25) is 10.2 Å². The molecule has 1 atom stereocenters. The summed E-state index contributed by atoms with van der Waals surface area (Å²) in [7, 11) is 0. The van der Waals surface area contributed by atoms with Crippen LogP contribution in [0.2, 0.25) is 0 Å². The first kappa shape index (κ1) is 13.9. The second-order valence-corrected chi connectivity index (χ2v) is 5.80. The number of carbonyl (C=O) groups excluding carboxylic acids is 1. The molecule has 100 valence electrons. The lowest BCUT2D eigenvalue weighted by Crippen LogP contribution is -2.54. The molecule has 1 saturated carbocycles. The van der Waals surface area contributed by atoms with Gasteiger partial charge in [-0.1, -0.05) is 25.6 Å². The molecule has 2 N–H and O–H groups in total. The summed E-state index contributed by atoms with van der Waals surface area (Å²) in [6.07, 6.45) is 4.58. The first-order chi connectivity index (χ1) is 9.08. The van der Waals surface area contributed by atoms with Crippen molar-refractivity contribution in [2.45, 2.75) is 39.0 Å². The summed E-state index contributed by atoms with van der Waals surface area (Å²) in [5, 5.41) is 19.4. The van der Waals surface area contributed by atoms with Crippen molar-refractivity contribution in [1.82, 2.24) is 5.32 Å². The smallest absolute Gasteiger partial charge is 0.243 e. The highest BCUT2D eigenvalue weighted by atomic mass is 32.1. The van der Waals surface area contributed by atoms with Gasteiger partial charge >= 0.3 is 0 Å². The fourth-order valence-electron chi connectivity index (χ4n) is 3.37. The minimum Gasteiger partial charge on any atom is -0.315 e. The highest BCUT2D eigenvalue weighted by Gasteiger charge is 2.52. The van der Waals surface area contributed by atoms with Crippen LogP contribution in [0.5, 0.6) is 0 Å². The van der Waals surface area contributed by atoms with Crippen LogP contribution in [-0.4, -0.2) is 16.8 Å². The van der Waals surface area contributed by atoms with Crippen LogP contribution in [0.1, 0.15) is 39.0 Å². The first-order valence-electron chi connectivity index (χ1n) is 6.64. The standard InChI is InChI=1S/C14H17N3OS/c1-2-9-3-5-14(6-4-9)10(7-15)12(18)17-13(19)11(14)8-16/h9-10,16H,2-6H2,1H3,(H,17,18,19). The Balaban J connectivity index is 2.42. The lowest BCUT2D eigenvalue weighted by molar-refractivity contribution is -0.126. The average Bonchev–Trinajstić information content (AvgIpc) is 2.40. The molecule has 19 heavy (non-hydrogen) atoms. The topological polar surface area (TPSA) is 76.7 Å². The van der Waals surface area contributed by atoms with Gasteiger partial charge in [0.2, 0.25) is 5.91 Å². The Morgan fingerprint density at radius 1 is 1.53 bits per heavy atom. The second kappa shape index (κ2) is 5.24. The van der Waals surface area contributed by atoms with Crippen molar-refractivity contribution in [3.05, 3.63) is 5.57 Å². The molecular formula is C14H17N3OS. The zero-order valence-electron chi connectivity index (χ0n) is 11.0. The summed E-state index contributed by atoms with van der Waals surface area (Å²) in [6, 6.07) is 2.12. The Kier molecular flexibility index (Phi) is 3.84. The normalized spacial score (nSPS) is 34.6. The van der Waals surface area contributed by atoms with Gasteiger partial charge in [0.05, 0.1) is 11.6 Å². The molecule has 2 aliphatic rings. The maximum absolute atomic E-state index is 12.0. The highest BCUT2D eigenvalue weighted by molar-refractivity contribution is 7.80. The van der Waals surface area contributed by atoms with Crippen molar-refractivity contribution >= 4 is 29.0 Å². The molecule has 0 bridgehead atoms. The van der Waals surface area contributed by atoms with E-state index in [1.807, 2.05) is 0 Å². The molecule has 2 rings (SSSR count). The molecule has 0 aromatic carbocycles. The molecule has 1 spiro atoms. The van der Waals surface area contributed by atoms with E-state index in [1.165, 1.54) is 0 Å². The fourth-order valence-corrected chi connectivity index (χ4v) is 3.73.